The summed E-state index contributed by atoms with van der Waals surface area (Å²) in [6.07, 6.45) is 7.93. The number of aromatic nitrogens is 3. The van der Waals surface area contributed by atoms with E-state index in [-0.39, 0.29) is 17.8 Å². The highest BCUT2D eigenvalue weighted by Gasteiger charge is 2.39. The maximum Gasteiger partial charge on any atom is 0.233 e. The lowest BCUT2D eigenvalue weighted by atomic mass is 9.83. The summed E-state index contributed by atoms with van der Waals surface area (Å²) in [5, 5.41) is 0. The van der Waals surface area contributed by atoms with Crippen LogP contribution in [0.2, 0.25) is 0 Å². The maximum atomic E-state index is 13.6. The van der Waals surface area contributed by atoms with E-state index in [1.165, 1.54) is 12.1 Å². The van der Waals surface area contributed by atoms with Crippen molar-refractivity contribution < 1.29 is 9.18 Å². The molecule has 2 aliphatic heterocycles. The van der Waals surface area contributed by atoms with Crippen molar-refractivity contribution in [3.05, 3.63) is 78.1 Å². The zero-order chi connectivity index (χ0) is 21.2. The molecule has 1 amide bonds. The minimum atomic E-state index is -0.251. The molecule has 0 saturated carbocycles. The van der Waals surface area contributed by atoms with Crippen molar-refractivity contribution in [2.24, 2.45) is 5.92 Å². The van der Waals surface area contributed by atoms with Gasteiger partial charge in [-0.25, -0.2) is 14.4 Å². The lowest BCUT2D eigenvalue weighted by Gasteiger charge is -2.47. The lowest BCUT2D eigenvalue weighted by molar-refractivity contribution is -0.142. The zero-order valence-electron chi connectivity index (χ0n) is 17.4. The molecule has 0 unspecified atom stereocenters. The van der Waals surface area contributed by atoms with Crippen molar-refractivity contribution in [3.8, 4) is 5.95 Å². The molecule has 6 nitrogen and oxygen atoms in total. The number of piperidine rings is 2. The molecule has 160 valence electrons. The molecule has 5 rings (SSSR count). The molecule has 2 saturated heterocycles. The fourth-order valence-corrected chi connectivity index (χ4v) is 4.99. The van der Waals surface area contributed by atoms with Gasteiger partial charge in [0.25, 0.3) is 0 Å². The molecular weight excluding hydrogens is 393 g/mol. The van der Waals surface area contributed by atoms with E-state index in [9.17, 15) is 9.18 Å². The molecule has 1 aromatic carbocycles. The Balaban J connectivity index is 1.27. The minimum Gasteiger partial charge on any atom is -0.335 e. The molecule has 0 aliphatic carbocycles. The van der Waals surface area contributed by atoms with Gasteiger partial charge in [0, 0.05) is 62.9 Å². The number of nitrogens with zero attached hydrogens (tertiary/aromatic N) is 5. The molecule has 3 aromatic rings. The molecular formula is C24H26FN5O. The number of carbonyl (C=O) groups is 1. The van der Waals surface area contributed by atoms with Crippen LogP contribution >= 0.6 is 0 Å². The predicted octanol–water partition coefficient (Wildman–Crippen LogP) is 3.42. The van der Waals surface area contributed by atoms with Crippen LogP contribution in [0, 0.1) is 11.7 Å². The van der Waals surface area contributed by atoms with Gasteiger partial charge in [0.1, 0.15) is 5.82 Å². The largest absolute Gasteiger partial charge is 0.335 e. The van der Waals surface area contributed by atoms with Crippen molar-refractivity contribution >= 4 is 5.91 Å². The van der Waals surface area contributed by atoms with Crippen LogP contribution in [0.4, 0.5) is 4.39 Å². The summed E-state index contributed by atoms with van der Waals surface area (Å²) in [7, 11) is 0. The first-order valence-corrected chi connectivity index (χ1v) is 10.9. The van der Waals surface area contributed by atoms with E-state index < -0.39 is 0 Å². The number of carbonyl (C=O) groups excluding carboxylic acids is 1. The Morgan fingerprint density at radius 3 is 2.74 bits per heavy atom. The third-order valence-corrected chi connectivity index (χ3v) is 6.46. The standard InChI is InChI=1S/C24H26FN5O/c25-20-5-1-4-18(14-20)15-30-22-9-13-28(16-19(22)7-8-23(30)31)17-21-6-2-12-29(21)24-26-10-3-11-27-24/h1-6,10-12,14,19,22H,7-9,13,15-17H2/t19-,22+/m1/s1. The topological polar surface area (TPSA) is 54.3 Å². The van der Waals surface area contributed by atoms with Gasteiger partial charge in [-0.15, -0.1) is 0 Å². The van der Waals surface area contributed by atoms with Gasteiger partial charge in [-0.1, -0.05) is 12.1 Å². The van der Waals surface area contributed by atoms with Crippen LogP contribution in [0.5, 0.6) is 0 Å². The van der Waals surface area contributed by atoms with Gasteiger partial charge in [-0.05, 0) is 54.7 Å². The number of halogens is 1. The third-order valence-electron chi connectivity index (χ3n) is 6.46. The van der Waals surface area contributed by atoms with Gasteiger partial charge in [0.05, 0.1) is 0 Å². The van der Waals surface area contributed by atoms with Gasteiger partial charge >= 0.3 is 0 Å². The molecule has 2 fully saturated rings. The van der Waals surface area contributed by atoms with Gasteiger partial charge < -0.3 is 4.90 Å². The highest BCUT2D eigenvalue weighted by Crippen LogP contribution is 2.33. The molecule has 0 N–H and O–H groups in total. The lowest BCUT2D eigenvalue weighted by Crippen LogP contribution is -2.55. The van der Waals surface area contributed by atoms with Crippen LogP contribution in [-0.4, -0.2) is 49.4 Å². The van der Waals surface area contributed by atoms with Crippen LogP contribution in [-0.2, 0) is 17.9 Å². The first-order valence-electron chi connectivity index (χ1n) is 10.9. The Bertz CT molecular complexity index is 1050. The molecule has 0 spiro atoms. The van der Waals surface area contributed by atoms with Crippen LogP contribution in [0.15, 0.2) is 61.1 Å². The molecule has 2 aliphatic rings. The Morgan fingerprint density at radius 2 is 1.90 bits per heavy atom. The Labute approximate surface area is 181 Å². The van der Waals surface area contributed by atoms with Crippen molar-refractivity contribution in [2.45, 2.75) is 38.4 Å². The minimum absolute atomic E-state index is 0.189. The second-order valence-electron chi connectivity index (χ2n) is 8.46. The van der Waals surface area contributed by atoms with Gasteiger partial charge in [0.2, 0.25) is 11.9 Å². The highest BCUT2D eigenvalue weighted by molar-refractivity contribution is 5.77. The molecule has 31 heavy (non-hydrogen) atoms. The number of hydrogen-bond acceptors (Lipinski definition) is 4. The van der Waals surface area contributed by atoms with Gasteiger partial charge in [0.15, 0.2) is 0 Å². The van der Waals surface area contributed by atoms with Crippen molar-refractivity contribution in [2.75, 3.05) is 13.1 Å². The van der Waals surface area contributed by atoms with E-state index in [1.807, 2.05) is 33.9 Å². The van der Waals surface area contributed by atoms with Crippen LogP contribution < -0.4 is 0 Å². The smallest absolute Gasteiger partial charge is 0.233 e. The molecule has 7 heteroatoms. The van der Waals surface area contributed by atoms with Crippen LogP contribution in [0.3, 0.4) is 0 Å². The summed E-state index contributed by atoms with van der Waals surface area (Å²) in [4.78, 5) is 25.9. The third kappa shape index (κ3) is 4.23. The monoisotopic (exact) mass is 419 g/mol. The van der Waals surface area contributed by atoms with E-state index in [2.05, 4.69) is 20.9 Å². The quantitative estimate of drug-likeness (QED) is 0.636. The van der Waals surface area contributed by atoms with Gasteiger partial charge in [-0.2, -0.15) is 0 Å². The summed E-state index contributed by atoms with van der Waals surface area (Å²) < 4.78 is 15.7. The molecule has 0 bridgehead atoms. The normalized spacial score (nSPS) is 21.8. The number of amides is 1. The summed E-state index contributed by atoms with van der Waals surface area (Å²) in [5.41, 5.74) is 2.02. The number of likely N-dealkylation sites (tertiary alicyclic amines) is 2. The van der Waals surface area contributed by atoms with E-state index >= 15 is 0 Å². The summed E-state index contributed by atoms with van der Waals surface area (Å²) in [6, 6.07) is 12.8. The molecule has 0 radical (unpaired) electrons. The average molecular weight is 420 g/mol. The Kier molecular flexibility index (Phi) is 5.51. The number of rotatable bonds is 5. The second-order valence-corrected chi connectivity index (χ2v) is 8.46. The van der Waals surface area contributed by atoms with Crippen LogP contribution in [0.1, 0.15) is 30.5 Å². The van der Waals surface area contributed by atoms with E-state index in [0.29, 0.717) is 24.8 Å². The molecule has 2 atom stereocenters. The number of fused-ring (bicyclic) bond motifs is 1. The van der Waals surface area contributed by atoms with Crippen molar-refractivity contribution in [1.82, 2.24) is 24.3 Å². The van der Waals surface area contributed by atoms with Crippen molar-refractivity contribution in [3.63, 3.8) is 0 Å². The van der Waals surface area contributed by atoms with E-state index in [1.54, 1.807) is 18.5 Å². The van der Waals surface area contributed by atoms with Crippen LogP contribution in [0.25, 0.3) is 5.95 Å². The Morgan fingerprint density at radius 1 is 1.03 bits per heavy atom. The Hall–Kier alpha value is -3.06. The number of benzene rings is 1. The molecule has 4 heterocycles. The highest BCUT2D eigenvalue weighted by atomic mass is 19.1. The first-order chi connectivity index (χ1) is 15.2. The summed E-state index contributed by atoms with van der Waals surface area (Å²) in [6.45, 7) is 3.20. The maximum absolute atomic E-state index is 13.6. The molecule has 2 aromatic heterocycles. The fourth-order valence-electron chi connectivity index (χ4n) is 4.99. The summed E-state index contributed by atoms with van der Waals surface area (Å²) in [5.74, 6) is 1.06. The second kappa shape index (κ2) is 8.59. The zero-order valence-corrected chi connectivity index (χ0v) is 17.4. The fraction of sp³-hybridized carbons (Fsp3) is 0.375. The van der Waals surface area contributed by atoms with E-state index in [4.69, 9.17) is 0 Å². The van der Waals surface area contributed by atoms with Gasteiger partial charge in [-0.3, -0.25) is 14.3 Å². The summed E-state index contributed by atoms with van der Waals surface area (Å²) >= 11 is 0. The van der Waals surface area contributed by atoms with E-state index in [0.717, 1.165) is 43.7 Å². The predicted molar refractivity (Wildman–Crippen MR) is 115 cm³/mol. The average Bonchev–Trinajstić information content (AvgIpc) is 3.24. The number of hydrogen-bond donors (Lipinski definition) is 0. The SMILES string of the molecule is O=C1CC[C@@H]2CN(Cc3cccn3-c3ncccn3)CC[C@@H]2N1Cc1cccc(F)c1. The van der Waals surface area contributed by atoms with Crippen molar-refractivity contribution in [1.29, 1.82) is 0 Å². The first kappa shape index (κ1) is 19.9.